The second-order valence-electron chi connectivity index (χ2n) is 0.962. The zero-order valence-electron chi connectivity index (χ0n) is 5.85. The molecule has 56 valence electrons. The van der Waals surface area contributed by atoms with Gasteiger partial charge in [0.15, 0.2) is 0 Å². The van der Waals surface area contributed by atoms with Crippen molar-refractivity contribution in [1.82, 2.24) is 0 Å². The first-order valence-corrected chi connectivity index (χ1v) is 2.37. The average molecular weight is 256 g/mol. The minimum Gasteiger partial charge on any atom is -1.00 e. The number of hydrogen-bond donors (Lipinski definition) is 0. The normalized spacial score (nSPS) is 4.60. The van der Waals surface area contributed by atoms with Gasteiger partial charge in [0.25, 0.3) is 0 Å². The zero-order chi connectivity index (χ0) is 5.54. The molecule has 0 aliphatic rings. The molecule has 0 fully saturated rings. The van der Waals surface area contributed by atoms with Crippen molar-refractivity contribution in [2.45, 2.75) is 6.92 Å². The van der Waals surface area contributed by atoms with Crippen molar-refractivity contribution >= 4 is 0 Å². The fraction of sp³-hybridized carbons (Fsp3) is 0.143. The van der Waals surface area contributed by atoms with Gasteiger partial charge in [-0.1, -0.05) is 0 Å². The molecule has 0 saturated heterocycles. The smallest absolute Gasteiger partial charge is 1.00 e. The van der Waals surface area contributed by atoms with Crippen LogP contribution in [0.5, 0.6) is 0 Å². The molecule has 0 aliphatic heterocycles. The molecule has 0 unspecified atom stereocenters. The molecule has 1 aromatic rings. The van der Waals surface area contributed by atoms with Crippen molar-refractivity contribution in [1.29, 1.82) is 0 Å². The van der Waals surface area contributed by atoms with Gasteiger partial charge >= 0.3 is 26.2 Å². The predicted molar refractivity (Wildman–Crippen MR) is 33.1 cm³/mol. The van der Waals surface area contributed by atoms with E-state index in [-0.39, 0.29) is 51.0 Å². The summed E-state index contributed by atoms with van der Waals surface area (Å²) in [4.78, 5) is 0. The summed E-state index contributed by atoms with van der Waals surface area (Å²) in [5.41, 5.74) is 0. The summed E-state index contributed by atoms with van der Waals surface area (Å²) in [6.45, 7) is 5.00. The van der Waals surface area contributed by atoms with E-state index in [0.717, 1.165) is 0 Å². The molecule has 0 heterocycles. The Balaban J connectivity index is -0.0000000337. The third-order valence-corrected chi connectivity index (χ3v) is 0.556. The summed E-state index contributed by atoms with van der Waals surface area (Å²) in [6, 6.07) is 10.0. The standard InChI is InChI=1S/C5H5.C2H5.2ClH.Zr/c1-2-4-5-3-1;1-2;;;/h1-5H;1H2,2H3;2*1H;/q2*-1;;;+4/p-2. The molecule has 1 rings (SSSR count). The summed E-state index contributed by atoms with van der Waals surface area (Å²) in [6.07, 6.45) is 0. The third kappa shape index (κ3) is 15.9. The maximum atomic E-state index is 3.25. The van der Waals surface area contributed by atoms with E-state index < -0.39 is 0 Å². The van der Waals surface area contributed by atoms with E-state index in [2.05, 4.69) is 6.92 Å². The van der Waals surface area contributed by atoms with Crippen LogP contribution in [0.15, 0.2) is 30.3 Å². The van der Waals surface area contributed by atoms with Gasteiger partial charge < -0.3 is 31.7 Å². The Hall–Kier alpha value is 0.813. The Morgan fingerprint density at radius 1 is 1.00 bits per heavy atom. The van der Waals surface area contributed by atoms with E-state index in [0.29, 0.717) is 0 Å². The zero-order valence-corrected chi connectivity index (χ0v) is 9.82. The Kier molecular flexibility index (Phi) is 50.6. The molecular weight excluding hydrogens is 246 g/mol. The van der Waals surface area contributed by atoms with Crippen molar-refractivity contribution < 1.29 is 51.0 Å². The van der Waals surface area contributed by atoms with Gasteiger partial charge in [-0.05, 0) is 0 Å². The minimum absolute atomic E-state index is 0. The van der Waals surface area contributed by atoms with Gasteiger partial charge in [-0.25, -0.2) is 12.1 Å². The Labute approximate surface area is 94.7 Å². The largest absolute Gasteiger partial charge is 4.00 e. The fourth-order valence-corrected chi connectivity index (χ4v) is 0.321. The first kappa shape index (κ1) is 22.4. The SMILES string of the molecule is [CH2-]C.[Cl-].[Cl-].[Zr+4].c1cc[cH-]c1. The first-order valence-electron chi connectivity index (χ1n) is 2.37. The van der Waals surface area contributed by atoms with Crippen LogP contribution in [0.25, 0.3) is 0 Å². The van der Waals surface area contributed by atoms with E-state index in [1.807, 2.05) is 30.3 Å². The molecule has 0 radical (unpaired) electrons. The van der Waals surface area contributed by atoms with Gasteiger partial charge in [0.05, 0.1) is 0 Å². The van der Waals surface area contributed by atoms with Gasteiger partial charge in [-0.3, -0.25) is 0 Å². The number of halogens is 2. The minimum atomic E-state index is 0. The molecule has 0 saturated carbocycles. The molecule has 0 aromatic heterocycles. The third-order valence-electron chi connectivity index (χ3n) is 0.556. The van der Waals surface area contributed by atoms with Crippen LogP contribution in [0.2, 0.25) is 0 Å². The Bertz CT molecular complexity index is 68.1. The second kappa shape index (κ2) is 22.6. The van der Waals surface area contributed by atoms with Gasteiger partial charge in [0, 0.05) is 0 Å². The van der Waals surface area contributed by atoms with Gasteiger partial charge in [0.2, 0.25) is 0 Å². The van der Waals surface area contributed by atoms with E-state index in [1.165, 1.54) is 0 Å². The molecule has 0 N–H and O–H groups in total. The maximum Gasteiger partial charge on any atom is 4.00 e. The molecule has 0 spiro atoms. The molecule has 1 aromatic carbocycles. The van der Waals surface area contributed by atoms with E-state index in [1.54, 1.807) is 6.92 Å². The summed E-state index contributed by atoms with van der Waals surface area (Å²) in [7, 11) is 0. The van der Waals surface area contributed by atoms with E-state index >= 15 is 0 Å². The van der Waals surface area contributed by atoms with Crippen molar-refractivity contribution in [2.24, 2.45) is 0 Å². The van der Waals surface area contributed by atoms with Gasteiger partial charge in [-0.2, -0.15) is 25.1 Å². The average Bonchev–Trinajstić information content (AvgIpc) is 2.23. The Morgan fingerprint density at radius 2 is 1.30 bits per heavy atom. The maximum absolute atomic E-state index is 3.25. The second-order valence-corrected chi connectivity index (χ2v) is 0.962. The molecule has 0 atom stereocenters. The quantitative estimate of drug-likeness (QED) is 0.419. The molecule has 0 amide bonds. The van der Waals surface area contributed by atoms with E-state index in [9.17, 15) is 0 Å². The van der Waals surface area contributed by atoms with Crippen LogP contribution < -0.4 is 24.8 Å². The molecular formula is C7H10Cl2Zr. The summed E-state index contributed by atoms with van der Waals surface area (Å²) >= 11 is 0. The van der Waals surface area contributed by atoms with Crippen LogP contribution >= 0.6 is 0 Å². The molecule has 0 aliphatic carbocycles. The van der Waals surface area contributed by atoms with Crippen molar-refractivity contribution in [3.63, 3.8) is 0 Å². The first-order chi connectivity index (χ1) is 3.50. The summed E-state index contributed by atoms with van der Waals surface area (Å²) < 4.78 is 0. The van der Waals surface area contributed by atoms with Crippen molar-refractivity contribution in [2.75, 3.05) is 0 Å². The van der Waals surface area contributed by atoms with Crippen LogP contribution in [0.4, 0.5) is 0 Å². The van der Waals surface area contributed by atoms with Crippen molar-refractivity contribution in [3.8, 4) is 0 Å². The molecule has 0 nitrogen and oxygen atoms in total. The van der Waals surface area contributed by atoms with Gasteiger partial charge in [0.1, 0.15) is 0 Å². The summed E-state index contributed by atoms with van der Waals surface area (Å²) in [5, 5.41) is 0. The van der Waals surface area contributed by atoms with Crippen LogP contribution in [-0.4, -0.2) is 0 Å². The summed E-state index contributed by atoms with van der Waals surface area (Å²) in [5.74, 6) is 0. The van der Waals surface area contributed by atoms with Crippen LogP contribution in [0.3, 0.4) is 0 Å². The predicted octanol–water partition coefficient (Wildman–Crippen LogP) is -3.75. The Morgan fingerprint density at radius 3 is 1.40 bits per heavy atom. The van der Waals surface area contributed by atoms with E-state index in [4.69, 9.17) is 0 Å². The van der Waals surface area contributed by atoms with Crippen LogP contribution in [-0.2, 0) is 26.2 Å². The monoisotopic (exact) mass is 254 g/mol. The molecule has 0 bridgehead atoms. The molecule has 3 heteroatoms. The van der Waals surface area contributed by atoms with Crippen LogP contribution in [0.1, 0.15) is 6.92 Å². The number of rotatable bonds is 0. The molecule has 10 heavy (non-hydrogen) atoms. The van der Waals surface area contributed by atoms with Gasteiger partial charge in [-0.15, -0.1) is 0 Å². The van der Waals surface area contributed by atoms with Crippen LogP contribution in [0, 0.1) is 6.92 Å². The topological polar surface area (TPSA) is 0 Å². The van der Waals surface area contributed by atoms with Crippen molar-refractivity contribution in [3.05, 3.63) is 37.3 Å². The fourth-order valence-electron chi connectivity index (χ4n) is 0.321. The number of hydrogen-bond acceptors (Lipinski definition) is 0.